The second-order valence-corrected chi connectivity index (χ2v) is 5.35. The Hall–Kier alpha value is -2.17. The topological polar surface area (TPSA) is 59.8 Å². The third-order valence-electron chi connectivity index (χ3n) is 2.68. The van der Waals surface area contributed by atoms with Crippen LogP contribution < -0.4 is 5.32 Å². The summed E-state index contributed by atoms with van der Waals surface area (Å²) in [6.07, 6.45) is 1.58. The van der Waals surface area contributed by atoms with E-state index in [0.717, 1.165) is 5.56 Å². The molecule has 0 aliphatic rings. The van der Waals surface area contributed by atoms with Gasteiger partial charge in [0.1, 0.15) is 6.33 Å². The van der Waals surface area contributed by atoms with Gasteiger partial charge < -0.3 is 5.32 Å². The van der Waals surface area contributed by atoms with Gasteiger partial charge in [0.25, 0.3) is 5.91 Å². The lowest BCUT2D eigenvalue weighted by molar-refractivity contribution is 0.0939. The Labute approximate surface area is 112 Å². The summed E-state index contributed by atoms with van der Waals surface area (Å²) in [6.45, 7) is 6.50. The van der Waals surface area contributed by atoms with Crippen LogP contribution in [0.3, 0.4) is 0 Å². The Morgan fingerprint density at radius 3 is 2.53 bits per heavy atom. The quantitative estimate of drug-likeness (QED) is 0.915. The summed E-state index contributed by atoms with van der Waals surface area (Å²) < 4.78 is 1.68. The largest absolute Gasteiger partial charge is 0.345 e. The highest BCUT2D eigenvalue weighted by molar-refractivity contribution is 5.90. The van der Waals surface area contributed by atoms with E-state index < -0.39 is 0 Å². The monoisotopic (exact) mass is 258 g/mol. The van der Waals surface area contributed by atoms with Gasteiger partial charge in [0.2, 0.25) is 5.82 Å². The van der Waals surface area contributed by atoms with Gasteiger partial charge in [0.15, 0.2) is 0 Å². The zero-order valence-corrected chi connectivity index (χ0v) is 11.4. The van der Waals surface area contributed by atoms with Crippen LogP contribution in [0.4, 0.5) is 0 Å². The number of benzene rings is 1. The van der Waals surface area contributed by atoms with Crippen LogP contribution in [0.2, 0.25) is 0 Å². The lowest BCUT2D eigenvalue weighted by Crippen LogP contribution is -2.26. The van der Waals surface area contributed by atoms with Crippen molar-refractivity contribution in [2.45, 2.75) is 32.9 Å². The maximum Gasteiger partial charge on any atom is 0.291 e. The van der Waals surface area contributed by atoms with E-state index in [1.165, 1.54) is 0 Å². The second kappa shape index (κ2) is 5.22. The van der Waals surface area contributed by atoms with Crippen LogP contribution in [0.5, 0.6) is 0 Å². The first kappa shape index (κ1) is 13.3. The van der Waals surface area contributed by atoms with Crippen molar-refractivity contribution in [3.05, 3.63) is 48.0 Å². The molecule has 0 fully saturated rings. The van der Waals surface area contributed by atoms with Crippen molar-refractivity contribution >= 4 is 5.91 Å². The Morgan fingerprint density at radius 1 is 1.26 bits per heavy atom. The van der Waals surface area contributed by atoms with Crippen LogP contribution >= 0.6 is 0 Å². The Balaban J connectivity index is 1.99. The molecule has 5 nitrogen and oxygen atoms in total. The molecule has 0 bridgehead atoms. The predicted molar refractivity (Wildman–Crippen MR) is 72.6 cm³/mol. The minimum absolute atomic E-state index is 0.176. The molecular weight excluding hydrogens is 240 g/mol. The molecule has 0 saturated carbocycles. The normalized spacial score (nSPS) is 11.3. The van der Waals surface area contributed by atoms with Crippen molar-refractivity contribution < 1.29 is 4.79 Å². The highest BCUT2D eigenvalue weighted by atomic mass is 16.2. The highest BCUT2D eigenvalue weighted by Crippen LogP contribution is 2.11. The van der Waals surface area contributed by atoms with Gasteiger partial charge in [-0.15, -0.1) is 5.10 Å². The number of nitrogens with one attached hydrogen (secondary N) is 1. The molecule has 0 aliphatic heterocycles. The first-order valence-electron chi connectivity index (χ1n) is 6.21. The van der Waals surface area contributed by atoms with Gasteiger partial charge in [-0.1, -0.05) is 30.3 Å². The van der Waals surface area contributed by atoms with Crippen molar-refractivity contribution in [1.29, 1.82) is 0 Å². The van der Waals surface area contributed by atoms with Crippen LogP contribution in [0.15, 0.2) is 36.7 Å². The van der Waals surface area contributed by atoms with E-state index in [2.05, 4.69) is 15.4 Å². The van der Waals surface area contributed by atoms with E-state index in [9.17, 15) is 4.79 Å². The molecule has 2 rings (SSSR count). The summed E-state index contributed by atoms with van der Waals surface area (Å²) in [4.78, 5) is 15.9. The molecule has 100 valence electrons. The van der Waals surface area contributed by atoms with Crippen molar-refractivity contribution in [1.82, 2.24) is 20.1 Å². The number of amides is 1. The Morgan fingerprint density at radius 2 is 1.95 bits per heavy atom. The molecule has 1 aromatic heterocycles. The van der Waals surface area contributed by atoms with Crippen LogP contribution in [-0.2, 0) is 12.1 Å². The number of aromatic nitrogens is 3. The van der Waals surface area contributed by atoms with Crippen LogP contribution in [0.25, 0.3) is 0 Å². The maximum atomic E-state index is 11.9. The minimum Gasteiger partial charge on any atom is -0.345 e. The van der Waals surface area contributed by atoms with Gasteiger partial charge in [-0.25, -0.2) is 9.67 Å². The molecule has 5 heteroatoms. The average molecular weight is 258 g/mol. The van der Waals surface area contributed by atoms with E-state index in [-0.39, 0.29) is 17.3 Å². The molecular formula is C14H18N4O. The molecule has 1 aromatic carbocycles. The fraction of sp³-hybridized carbons (Fsp3) is 0.357. The third-order valence-corrected chi connectivity index (χ3v) is 2.68. The van der Waals surface area contributed by atoms with E-state index >= 15 is 0 Å². The van der Waals surface area contributed by atoms with E-state index in [4.69, 9.17) is 0 Å². The molecule has 19 heavy (non-hydrogen) atoms. The standard InChI is InChI=1S/C14H18N4O/c1-14(2,3)18-10-16-12(17-18)13(19)15-9-11-7-5-4-6-8-11/h4-8,10H,9H2,1-3H3,(H,15,19). The SMILES string of the molecule is CC(C)(C)n1cnc(C(=O)NCc2ccccc2)n1. The molecule has 2 aromatic rings. The number of hydrogen-bond donors (Lipinski definition) is 1. The Kier molecular flexibility index (Phi) is 3.64. The molecule has 0 saturated heterocycles. The summed E-state index contributed by atoms with van der Waals surface area (Å²) in [5, 5.41) is 6.99. The Bertz CT molecular complexity index is 554. The maximum absolute atomic E-state index is 11.9. The van der Waals surface area contributed by atoms with Crippen LogP contribution in [-0.4, -0.2) is 20.7 Å². The summed E-state index contributed by atoms with van der Waals surface area (Å²) in [5.41, 5.74) is 0.872. The molecule has 1 N–H and O–H groups in total. The molecule has 0 unspecified atom stereocenters. The van der Waals surface area contributed by atoms with Gasteiger partial charge >= 0.3 is 0 Å². The van der Waals surface area contributed by atoms with Gasteiger partial charge in [-0.2, -0.15) is 0 Å². The lowest BCUT2D eigenvalue weighted by Gasteiger charge is -2.17. The van der Waals surface area contributed by atoms with Gasteiger partial charge in [-0.3, -0.25) is 4.79 Å². The molecule has 0 aliphatic carbocycles. The number of rotatable bonds is 3. The molecule has 1 amide bonds. The van der Waals surface area contributed by atoms with Crippen molar-refractivity contribution in [2.75, 3.05) is 0 Å². The predicted octanol–water partition coefficient (Wildman–Crippen LogP) is 1.96. The average Bonchev–Trinajstić information content (AvgIpc) is 2.87. The van der Waals surface area contributed by atoms with Crippen molar-refractivity contribution in [2.24, 2.45) is 0 Å². The van der Waals surface area contributed by atoms with Crippen LogP contribution in [0, 0.1) is 0 Å². The number of hydrogen-bond acceptors (Lipinski definition) is 3. The number of carbonyl (C=O) groups is 1. The smallest absolute Gasteiger partial charge is 0.291 e. The van der Waals surface area contributed by atoms with Gasteiger partial charge in [0, 0.05) is 6.54 Å². The van der Waals surface area contributed by atoms with Crippen molar-refractivity contribution in [3.8, 4) is 0 Å². The van der Waals surface area contributed by atoms with E-state index in [1.54, 1.807) is 11.0 Å². The van der Waals surface area contributed by atoms with Gasteiger partial charge in [0.05, 0.1) is 5.54 Å². The summed E-state index contributed by atoms with van der Waals surface area (Å²) >= 11 is 0. The summed E-state index contributed by atoms with van der Waals surface area (Å²) in [7, 11) is 0. The highest BCUT2D eigenvalue weighted by Gasteiger charge is 2.18. The van der Waals surface area contributed by atoms with Crippen molar-refractivity contribution in [3.63, 3.8) is 0 Å². The molecule has 0 spiro atoms. The zero-order chi connectivity index (χ0) is 13.9. The number of nitrogens with zero attached hydrogens (tertiary/aromatic N) is 3. The zero-order valence-electron chi connectivity index (χ0n) is 11.4. The van der Waals surface area contributed by atoms with Crippen LogP contribution in [0.1, 0.15) is 37.0 Å². The molecule has 0 atom stereocenters. The fourth-order valence-corrected chi connectivity index (χ4v) is 1.55. The lowest BCUT2D eigenvalue weighted by atomic mass is 10.1. The third kappa shape index (κ3) is 3.40. The first-order chi connectivity index (χ1) is 8.97. The molecule has 1 heterocycles. The van der Waals surface area contributed by atoms with E-state index in [1.807, 2.05) is 51.1 Å². The molecule has 0 radical (unpaired) electrons. The van der Waals surface area contributed by atoms with Gasteiger partial charge in [-0.05, 0) is 26.3 Å². The fourth-order valence-electron chi connectivity index (χ4n) is 1.55. The number of carbonyl (C=O) groups excluding carboxylic acids is 1. The van der Waals surface area contributed by atoms with E-state index in [0.29, 0.717) is 6.54 Å². The summed E-state index contributed by atoms with van der Waals surface area (Å²) in [5.74, 6) is -0.0577. The first-order valence-corrected chi connectivity index (χ1v) is 6.21. The second-order valence-electron chi connectivity index (χ2n) is 5.35. The summed E-state index contributed by atoms with van der Waals surface area (Å²) in [6, 6.07) is 9.74. The minimum atomic E-state index is -0.258.